The maximum absolute atomic E-state index is 11.9. The second-order valence-corrected chi connectivity index (χ2v) is 3.99. The van der Waals surface area contributed by atoms with Gasteiger partial charge in [-0.1, -0.05) is 11.8 Å². The fraction of sp³-hybridized carbons (Fsp3) is 0.214. The summed E-state index contributed by atoms with van der Waals surface area (Å²) in [4.78, 5) is 19.9. The van der Waals surface area contributed by atoms with Crippen molar-refractivity contribution in [1.82, 2.24) is 15.3 Å². The molecular formula is C14H14N4O2. The van der Waals surface area contributed by atoms with Gasteiger partial charge in [-0.2, -0.15) is 0 Å². The van der Waals surface area contributed by atoms with Crippen LogP contribution in [0.5, 0.6) is 0 Å². The van der Waals surface area contributed by atoms with Crippen molar-refractivity contribution in [2.45, 2.75) is 13.5 Å². The quantitative estimate of drug-likeness (QED) is 0.797. The van der Waals surface area contributed by atoms with E-state index in [-0.39, 0.29) is 19.0 Å². The van der Waals surface area contributed by atoms with E-state index in [0.29, 0.717) is 17.3 Å². The van der Waals surface area contributed by atoms with Gasteiger partial charge in [0.05, 0.1) is 19.3 Å². The smallest absolute Gasteiger partial charge is 0.270 e. The van der Waals surface area contributed by atoms with Gasteiger partial charge in [-0.25, -0.2) is 9.97 Å². The standard InChI is InChI=1S/C14H14N4O2/c1-10-7-17-13(20-10)9-18-14(19)12-5-4-11(8-16-12)3-2-6-15/h4-5,7-8H,6,9,15H2,1H3,(H,18,19). The van der Waals surface area contributed by atoms with Crippen molar-refractivity contribution in [3.8, 4) is 11.8 Å². The van der Waals surface area contributed by atoms with Crippen molar-refractivity contribution < 1.29 is 9.21 Å². The van der Waals surface area contributed by atoms with Crippen molar-refractivity contribution in [1.29, 1.82) is 0 Å². The highest BCUT2D eigenvalue weighted by Gasteiger charge is 2.08. The fourth-order valence-electron chi connectivity index (χ4n) is 1.48. The number of hydrogen-bond acceptors (Lipinski definition) is 5. The van der Waals surface area contributed by atoms with E-state index in [1.54, 1.807) is 25.3 Å². The van der Waals surface area contributed by atoms with Gasteiger partial charge in [-0.05, 0) is 19.1 Å². The van der Waals surface area contributed by atoms with Gasteiger partial charge in [-0.3, -0.25) is 4.79 Å². The topological polar surface area (TPSA) is 94.0 Å². The maximum atomic E-state index is 11.9. The van der Waals surface area contributed by atoms with Gasteiger partial charge >= 0.3 is 0 Å². The van der Waals surface area contributed by atoms with Crippen molar-refractivity contribution in [3.05, 3.63) is 47.4 Å². The second-order valence-electron chi connectivity index (χ2n) is 3.99. The molecule has 1 amide bonds. The molecule has 0 aliphatic rings. The molecule has 20 heavy (non-hydrogen) atoms. The molecule has 2 heterocycles. The number of nitrogens with one attached hydrogen (secondary N) is 1. The van der Waals surface area contributed by atoms with Crippen LogP contribution in [0.2, 0.25) is 0 Å². The number of oxazole rings is 1. The van der Waals surface area contributed by atoms with E-state index in [2.05, 4.69) is 27.1 Å². The number of nitrogens with two attached hydrogens (primary N) is 1. The first kappa shape index (κ1) is 13.8. The minimum absolute atomic E-state index is 0.225. The lowest BCUT2D eigenvalue weighted by molar-refractivity contribution is 0.0942. The summed E-state index contributed by atoms with van der Waals surface area (Å²) >= 11 is 0. The third-order valence-corrected chi connectivity index (χ3v) is 2.40. The van der Waals surface area contributed by atoms with Crippen LogP contribution < -0.4 is 11.1 Å². The van der Waals surface area contributed by atoms with Crippen molar-refractivity contribution in [2.24, 2.45) is 5.73 Å². The Morgan fingerprint density at radius 2 is 2.25 bits per heavy atom. The van der Waals surface area contributed by atoms with E-state index < -0.39 is 0 Å². The summed E-state index contributed by atoms with van der Waals surface area (Å²) in [5.74, 6) is 6.43. The molecule has 0 fully saturated rings. The summed E-state index contributed by atoms with van der Waals surface area (Å²) in [6.45, 7) is 2.31. The molecule has 0 saturated carbocycles. The van der Waals surface area contributed by atoms with Crippen LogP contribution in [0.1, 0.15) is 27.7 Å². The molecule has 0 spiro atoms. The van der Waals surface area contributed by atoms with E-state index >= 15 is 0 Å². The summed E-state index contributed by atoms with van der Waals surface area (Å²) in [5.41, 5.74) is 6.31. The van der Waals surface area contributed by atoms with Crippen molar-refractivity contribution >= 4 is 5.91 Å². The second kappa shape index (κ2) is 6.50. The lowest BCUT2D eigenvalue weighted by Crippen LogP contribution is -2.23. The van der Waals surface area contributed by atoms with E-state index in [4.69, 9.17) is 10.2 Å². The number of hydrogen-bond donors (Lipinski definition) is 2. The van der Waals surface area contributed by atoms with Gasteiger partial charge in [0.1, 0.15) is 11.5 Å². The SMILES string of the molecule is Cc1cnc(CNC(=O)c2ccc(C#CCN)cn2)o1. The fourth-order valence-corrected chi connectivity index (χ4v) is 1.48. The van der Waals surface area contributed by atoms with E-state index in [9.17, 15) is 4.79 Å². The third kappa shape index (κ3) is 3.67. The summed E-state index contributed by atoms with van der Waals surface area (Å²) in [6, 6.07) is 3.33. The van der Waals surface area contributed by atoms with Crippen LogP contribution in [-0.2, 0) is 6.54 Å². The third-order valence-electron chi connectivity index (χ3n) is 2.40. The first-order chi connectivity index (χ1) is 9.69. The Balaban J connectivity index is 1.95. The Morgan fingerprint density at radius 3 is 2.85 bits per heavy atom. The number of carbonyl (C=O) groups excluding carboxylic acids is 1. The number of amides is 1. The Hall–Kier alpha value is -2.65. The Bertz CT molecular complexity index is 650. The van der Waals surface area contributed by atoms with Crippen molar-refractivity contribution in [2.75, 3.05) is 6.54 Å². The van der Waals surface area contributed by atoms with Crippen LogP contribution in [-0.4, -0.2) is 22.4 Å². The molecule has 3 N–H and O–H groups in total. The molecule has 2 aromatic rings. The molecule has 0 radical (unpaired) electrons. The molecule has 102 valence electrons. The minimum Gasteiger partial charge on any atom is -0.444 e. The summed E-state index contributed by atoms with van der Waals surface area (Å²) in [7, 11) is 0. The van der Waals surface area contributed by atoms with Crippen LogP contribution in [0, 0.1) is 18.8 Å². The number of aromatic nitrogens is 2. The highest BCUT2D eigenvalue weighted by atomic mass is 16.4. The Kier molecular flexibility index (Phi) is 4.47. The molecule has 0 aromatic carbocycles. The predicted molar refractivity (Wildman–Crippen MR) is 72.6 cm³/mol. The lowest BCUT2D eigenvalue weighted by atomic mass is 10.2. The molecule has 2 aromatic heterocycles. The van der Waals surface area contributed by atoms with Gasteiger partial charge in [-0.15, -0.1) is 0 Å². The van der Waals surface area contributed by atoms with Crippen LogP contribution in [0.3, 0.4) is 0 Å². The molecular weight excluding hydrogens is 256 g/mol. The zero-order chi connectivity index (χ0) is 14.4. The predicted octanol–water partition coefficient (Wildman–Crippen LogP) is 0.618. The first-order valence-electron chi connectivity index (χ1n) is 6.03. The maximum Gasteiger partial charge on any atom is 0.270 e. The first-order valence-corrected chi connectivity index (χ1v) is 6.03. The highest BCUT2D eigenvalue weighted by molar-refractivity contribution is 5.92. The van der Waals surface area contributed by atoms with Crippen LogP contribution in [0.4, 0.5) is 0 Å². The minimum atomic E-state index is -0.292. The van der Waals surface area contributed by atoms with Gasteiger partial charge in [0.25, 0.3) is 5.91 Å². The lowest BCUT2D eigenvalue weighted by Gasteiger charge is -2.01. The summed E-state index contributed by atoms with van der Waals surface area (Å²) in [6.07, 6.45) is 3.14. The number of nitrogens with zero attached hydrogens (tertiary/aromatic N) is 2. The van der Waals surface area contributed by atoms with Crippen molar-refractivity contribution in [3.63, 3.8) is 0 Å². The summed E-state index contributed by atoms with van der Waals surface area (Å²) in [5, 5.41) is 2.68. The molecule has 2 rings (SSSR count). The van der Waals surface area contributed by atoms with Gasteiger partial charge in [0.15, 0.2) is 0 Å². The zero-order valence-corrected chi connectivity index (χ0v) is 11.0. The average molecular weight is 270 g/mol. The highest BCUT2D eigenvalue weighted by Crippen LogP contribution is 2.02. The molecule has 6 nitrogen and oxygen atoms in total. The molecule has 0 bridgehead atoms. The number of aryl methyl sites for hydroxylation is 1. The Morgan fingerprint density at radius 1 is 1.40 bits per heavy atom. The van der Waals surface area contributed by atoms with Crippen LogP contribution in [0.25, 0.3) is 0 Å². The van der Waals surface area contributed by atoms with Gasteiger partial charge < -0.3 is 15.5 Å². The average Bonchev–Trinajstić information content (AvgIpc) is 2.89. The molecule has 0 aliphatic heterocycles. The van der Waals surface area contributed by atoms with Crippen LogP contribution >= 0.6 is 0 Å². The largest absolute Gasteiger partial charge is 0.444 e. The van der Waals surface area contributed by atoms with Gasteiger partial charge in [0, 0.05) is 11.8 Å². The van der Waals surface area contributed by atoms with E-state index in [1.165, 1.54) is 6.20 Å². The molecule has 0 atom stereocenters. The van der Waals surface area contributed by atoms with E-state index in [0.717, 1.165) is 5.56 Å². The van der Waals surface area contributed by atoms with E-state index in [1.807, 2.05) is 0 Å². The monoisotopic (exact) mass is 270 g/mol. The zero-order valence-electron chi connectivity index (χ0n) is 11.0. The van der Waals surface area contributed by atoms with Gasteiger partial charge in [0.2, 0.25) is 5.89 Å². The number of rotatable bonds is 3. The molecule has 0 aliphatic carbocycles. The normalized spacial score (nSPS) is 9.70. The number of carbonyl (C=O) groups is 1. The molecule has 0 unspecified atom stereocenters. The van der Waals surface area contributed by atoms with Crippen LogP contribution in [0.15, 0.2) is 28.9 Å². The number of pyridine rings is 1. The molecule has 0 saturated heterocycles. The summed E-state index contributed by atoms with van der Waals surface area (Å²) < 4.78 is 5.26. The Labute approximate surface area is 116 Å². The molecule has 6 heteroatoms.